The van der Waals surface area contributed by atoms with E-state index in [4.69, 9.17) is 0 Å². The highest BCUT2D eigenvalue weighted by molar-refractivity contribution is 6.23. The van der Waals surface area contributed by atoms with E-state index < -0.39 is 0 Å². The van der Waals surface area contributed by atoms with Gasteiger partial charge in [-0.05, 0) is 174 Å². The second kappa shape index (κ2) is 17.9. The van der Waals surface area contributed by atoms with E-state index in [2.05, 4.69) is 252 Å². The van der Waals surface area contributed by atoms with Crippen molar-refractivity contribution in [2.24, 2.45) is 0 Å². The third-order valence-electron chi connectivity index (χ3n) is 14.9. The van der Waals surface area contributed by atoms with Gasteiger partial charge in [-0.15, -0.1) is 0 Å². The Bertz CT molecular complexity index is 3460. The maximum Gasteiger partial charge on any atom is 0.0443 e. The van der Waals surface area contributed by atoms with E-state index >= 15 is 0 Å². The second-order valence-corrected chi connectivity index (χ2v) is 19.0. The van der Waals surface area contributed by atoms with Crippen molar-refractivity contribution in [1.29, 1.82) is 0 Å². The summed E-state index contributed by atoms with van der Waals surface area (Å²) in [4.78, 5) is 5.10. The average Bonchev–Trinajstić information content (AvgIpc) is 3.44. The van der Waals surface area contributed by atoms with Gasteiger partial charge >= 0.3 is 0 Å². The third kappa shape index (κ3) is 7.63. The first-order valence-electron chi connectivity index (χ1n) is 25.0. The van der Waals surface area contributed by atoms with Crippen molar-refractivity contribution in [3.05, 3.63) is 254 Å². The van der Waals surface area contributed by atoms with Gasteiger partial charge in [0.05, 0.1) is 0 Å². The Hall–Kier alpha value is -8.46. The first kappa shape index (κ1) is 41.7. The number of fused-ring (bicyclic) bond motifs is 4. The molecule has 2 aliphatic rings. The molecule has 334 valence electrons. The van der Waals surface area contributed by atoms with Crippen LogP contribution in [0.5, 0.6) is 0 Å². The van der Waals surface area contributed by atoms with Crippen LogP contribution >= 0.6 is 0 Å². The summed E-state index contributed by atoms with van der Waals surface area (Å²) < 4.78 is 0. The largest absolute Gasteiger partial charge is 0.341 e. The summed E-state index contributed by atoms with van der Waals surface area (Å²) in [6.07, 6.45) is 4.46. The zero-order chi connectivity index (χ0) is 46.4. The van der Waals surface area contributed by atoms with Crippen LogP contribution < -0.4 is 9.80 Å². The Morgan fingerprint density at radius 2 is 0.586 bits per heavy atom. The van der Waals surface area contributed by atoms with Gasteiger partial charge in [0.1, 0.15) is 0 Å². The van der Waals surface area contributed by atoms with Crippen LogP contribution in [0.2, 0.25) is 0 Å². The Morgan fingerprint density at radius 3 is 1.01 bits per heavy atom. The number of rotatable bonds is 8. The van der Waals surface area contributed by atoms with Crippen LogP contribution in [-0.2, 0) is 12.8 Å². The Morgan fingerprint density at radius 1 is 0.243 bits per heavy atom. The van der Waals surface area contributed by atoms with Crippen molar-refractivity contribution < 1.29 is 0 Å². The molecule has 0 amide bonds. The van der Waals surface area contributed by atoms with Crippen molar-refractivity contribution in [3.63, 3.8) is 0 Å². The predicted octanol–water partition coefficient (Wildman–Crippen LogP) is 18.2. The van der Waals surface area contributed by atoms with Crippen LogP contribution in [0.4, 0.5) is 22.7 Å². The lowest BCUT2D eigenvalue weighted by Gasteiger charge is -2.32. The van der Waals surface area contributed by atoms with E-state index in [1.165, 1.54) is 122 Å². The predicted molar refractivity (Wildman–Crippen MR) is 298 cm³/mol. The topological polar surface area (TPSA) is 6.48 Å². The van der Waals surface area contributed by atoms with E-state index in [1.54, 1.807) is 0 Å². The molecule has 13 rings (SSSR count). The van der Waals surface area contributed by atoms with Gasteiger partial charge in [-0.2, -0.15) is 0 Å². The molecule has 0 aliphatic carbocycles. The van der Waals surface area contributed by atoms with Crippen LogP contribution in [0.25, 0.3) is 88.3 Å². The Labute approximate surface area is 411 Å². The fourth-order valence-corrected chi connectivity index (χ4v) is 11.4. The SMILES string of the molecule is c1ccc(-c2ccc(-c3cccc(-c4c5ccc(N6CCCc7ccccc76)cc5c(-c5cccc(-c6ccc(-c7ccccc7)cc6)c5)c5ccc(N6CCCc7ccccc76)cc45)c3)cc2)cc1. The van der Waals surface area contributed by atoms with Gasteiger partial charge in [0.15, 0.2) is 0 Å². The molecular weight excluding hydrogens is 845 g/mol. The number of benzene rings is 11. The zero-order valence-electron chi connectivity index (χ0n) is 39.2. The molecule has 2 heteroatoms. The molecule has 0 spiro atoms. The lowest BCUT2D eigenvalue weighted by molar-refractivity contribution is 0.767. The summed E-state index contributed by atoms with van der Waals surface area (Å²) in [7, 11) is 0. The molecule has 0 atom stereocenters. The highest BCUT2D eigenvalue weighted by Gasteiger charge is 2.24. The summed E-state index contributed by atoms with van der Waals surface area (Å²) in [6, 6.07) is 90.5. The molecule has 2 heterocycles. The lowest BCUT2D eigenvalue weighted by atomic mass is 9.84. The van der Waals surface area contributed by atoms with Gasteiger partial charge in [-0.25, -0.2) is 0 Å². The molecule has 0 N–H and O–H groups in total. The molecule has 0 saturated heterocycles. The minimum atomic E-state index is 0.985. The van der Waals surface area contributed by atoms with Crippen LogP contribution in [0, 0.1) is 0 Å². The fourth-order valence-electron chi connectivity index (χ4n) is 11.4. The highest BCUT2D eigenvalue weighted by Crippen LogP contribution is 2.49. The Balaban J connectivity index is 1.04. The van der Waals surface area contributed by atoms with Crippen LogP contribution in [0.1, 0.15) is 24.0 Å². The van der Waals surface area contributed by atoms with Crippen LogP contribution in [0.15, 0.2) is 243 Å². The molecule has 0 saturated carbocycles. The summed E-state index contributed by atoms with van der Waals surface area (Å²) in [5.41, 5.74) is 22.6. The number of para-hydroxylation sites is 2. The normalized spacial score (nSPS) is 13.3. The Kier molecular flexibility index (Phi) is 10.7. The molecule has 70 heavy (non-hydrogen) atoms. The van der Waals surface area contributed by atoms with Gasteiger partial charge in [0.2, 0.25) is 0 Å². The molecule has 2 nitrogen and oxygen atoms in total. The zero-order valence-corrected chi connectivity index (χ0v) is 39.2. The molecule has 0 radical (unpaired) electrons. The molecule has 2 aliphatic heterocycles. The smallest absolute Gasteiger partial charge is 0.0443 e. The van der Waals surface area contributed by atoms with Crippen molar-refractivity contribution in [2.75, 3.05) is 22.9 Å². The number of hydrogen-bond acceptors (Lipinski definition) is 2. The van der Waals surface area contributed by atoms with E-state index in [-0.39, 0.29) is 0 Å². The minimum Gasteiger partial charge on any atom is -0.341 e. The monoisotopic (exact) mass is 896 g/mol. The number of hydrogen-bond donors (Lipinski definition) is 0. The molecule has 11 aromatic rings. The summed E-state index contributed by atoms with van der Waals surface area (Å²) in [5.74, 6) is 0. The molecule has 0 bridgehead atoms. The fraction of sp³-hybridized carbons (Fsp3) is 0.0882. The molecular formula is C68H52N2. The summed E-state index contributed by atoms with van der Waals surface area (Å²) in [6.45, 7) is 1.97. The number of aryl methyl sites for hydroxylation is 2. The van der Waals surface area contributed by atoms with Gasteiger partial charge in [0.25, 0.3) is 0 Å². The molecule has 11 aromatic carbocycles. The minimum absolute atomic E-state index is 0.985. The third-order valence-corrected chi connectivity index (χ3v) is 14.9. The maximum absolute atomic E-state index is 2.55. The van der Waals surface area contributed by atoms with Gasteiger partial charge in [0, 0.05) is 35.8 Å². The number of nitrogens with zero attached hydrogens (tertiary/aromatic N) is 2. The van der Waals surface area contributed by atoms with E-state index in [9.17, 15) is 0 Å². The van der Waals surface area contributed by atoms with Gasteiger partial charge < -0.3 is 9.80 Å². The summed E-state index contributed by atoms with van der Waals surface area (Å²) >= 11 is 0. The number of anilines is 4. The quantitative estimate of drug-likeness (QED) is 0.140. The van der Waals surface area contributed by atoms with Crippen molar-refractivity contribution in [3.8, 4) is 66.8 Å². The van der Waals surface area contributed by atoms with E-state index in [0.29, 0.717) is 0 Å². The average molecular weight is 897 g/mol. The lowest BCUT2D eigenvalue weighted by Crippen LogP contribution is -2.24. The van der Waals surface area contributed by atoms with E-state index in [1.807, 2.05) is 0 Å². The molecule has 0 fully saturated rings. The van der Waals surface area contributed by atoms with Crippen molar-refractivity contribution in [1.82, 2.24) is 0 Å². The van der Waals surface area contributed by atoms with Crippen molar-refractivity contribution >= 4 is 44.3 Å². The first-order valence-corrected chi connectivity index (χ1v) is 25.0. The van der Waals surface area contributed by atoms with Gasteiger partial charge in [-0.3, -0.25) is 0 Å². The standard InChI is InChI=1S/C68H52N2/c1-3-15-47(16-4-1)49-29-33-51(34-30-49)55-21-11-23-57(43-55)67-61-39-37-60(70-42-14-26-54-20-8-10-28-66(54)70)46-64(61)68(62-40-38-59(45-63(62)67)69-41-13-25-53-19-7-9-27-65(53)69)58-24-12-22-56(44-58)52-35-31-50(32-36-52)48-17-5-2-6-18-48/h1-12,15-24,27-40,43-46H,13-14,25-26,41-42H2. The molecule has 0 unspecified atom stereocenters. The summed E-state index contributed by atoms with van der Waals surface area (Å²) in [5, 5.41) is 5.02. The maximum atomic E-state index is 2.55. The van der Waals surface area contributed by atoms with Crippen LogP contribution in [-0.4, -0.2) is 13.1 Å². The van der Waals surface area contributed by atoms with Crippen molar-refractivity contribution in [2.45, 2.75) is 25.7 Å². The molecule has 0 aromatic heterocycles. The first-order chi connectivity index (χ1) is 34.7. The van der Waals surface area contributed by atoms with Gasteiger partial charge in [-0.1, -0.05) is 194 Å². The highest BCUT2D eigenvalue weighted by atomic mass is 15.1. The van der Waals surface area contributed by atoms with E-state index in [0.717, 1.165) is 38.8 Å². The van der Waals surface area contributed by atoms with Crippen LogP contribution in [0.3, 0.4) is 0 Å². The second-order valence-electron chi connectivity index (χ2n) is 19.0.